The van der Waals surface area contributed by atoms with Crippen LogP contribution in [0.5, 0.6) is 0 Å². The summed E-state index contributed by atoms with van der Waals surface area (Å²) in [6.07, 6.45) is 6.13. The fraction of sp³-hybridized carbons (Fsp3) is 0.556. The van der Waals surface area contributed by atoms with Gasteiger partial charge >= 0.3 is 5.97 Å². The second kappa shape index (κ2) is 8.57. The average molecular weight is 303 g/mol. The SMILES string of the molecule is O=C(O)CCC1CCCCN1C(=O)CCCc1ccccc1. The van der Waals surface area contributed by atoms with Crippen LogP contribution < -0.4 is 0 Å². The second-order valence-corrected chi connectivity index (χ2v) is 6.01. The summed E-state index contributed by atoms with van der Waals surface area (Å²) in [6.45, 7) is 0.786. The topological polar surface area (TPSA) is 57.6 Å². The summed E-state index contributed by atoms with van der Waals surface area (Å²) in [5, 5.41) is 8.83. The molecule has 0 radical (unpaired) electrons. The summed E-state index contributed by atoms with van der Waals surface area (Å²) in [5.41, 5.74) is 1.26. The lowest BCUT2D eigenvalue weighted by molar-refractivity contribution is -0.140. The molecule has 1 heterocycles. The standard InChI is InChI=1S/C18H25NO3/c20-17(11-6-9-15-7-2-1-3-8-15)19-14-5-4-10-16(19)12-13-18(21)22/h1-3,7-8,16H,4-6,9-14H2,(H,21,22). The minimum absolute atomic E-state index is 0.120. The van der Waals surface area contributed by atoms with Gasteiger partial charge in [0.15, 0.2) is 0 Å². The number of benzene rings is 1. The molecule has 0 aromatic heterocycles. The van der Waals surface area contributed by atoms with E-state index in [4.69, 9.17) is 5.11 Å². The van der Waals surface area contributed by atoms with Crippen LogP contribution in [0, 0.1) is 0 Å². The predicted molar refractivity (Wildman–Crippen MR) is 85.6 cm³/mol. The van der Waals surface area contributed by atoms with Crippen LogP contribution in [0.15, 0.2) is 30.3 Å². The van der Waals surface area contributed by atoms with E-state index in [9.17, 15) is 9.59 Å². The van der Waals surface area contributed by atoms with Crippen LogP contribution in [0.2, 0.25) is 0 Å². The van der Waals surface area contributed by atoms with Gasteiger partial charge in [0, 0.05) is 25.4 Å². The minimum Gasteiger partial charge on any atom is -0.481 e. The number of hydrogen-bond donors (Lipinski definition) is 1. The van der Waals surface area contributed by atoms with Crippen LogP contribution in [-0.2, 0) is 16.0 Å². The van der Waals surface area contributed by atoms with Gasteiger partial charge in [-0.1, -0.05) is 30.3 Å². The number of carbonyl (C=O) groups excluding carboxylic acids is 1. The van der Waals surface area contributed by atoms with Crippen LogP contribution in [0.3, 0.4) is 0 Å². The molecule has 0 aliphatic carbocycles. The molecule has 0 bridgehead atoms. The fourth-order valence-corrected chi connectivity index (χ4v) is 3.15. The highest BCUT2D eigenvalue weighted by Crippen LogP contribution is 2.22. The zero-order valence-corrected chi connectivity index (χ0v) is 13.0. The van der Waals surface area contributed by atoms with Crippen molar-refractivity contribution in [3.63, 3.8) is 0 Å². The summed E-state index contributed by atoms with van der Waals surface area (Å²) in [6, 6.07) is 10.3. The van der Waals surface area contributed by atoms with Gasteiger partial charge in [0.1, 0.15) is 0 Å². The molecule has 1 aliphatic rings. The molecule has 4 heteroatoms. The molecular formula is C18H25NO3. The lowest BCUT2D eigenvalue weighted by atomic mass is 9.97. The van der Waals surface area contributed by atoms with Gasteiger partial charge in [-0.3, -0.25) is 9.59 Å². The van der Waals surface area contributed by atoms with Crippen molar-refractivity contribution < 1.29 is 14.7 Å². The van der Waals surface area contributed by atoms with E-state index in [1.54, 1.807) is 0 Å². The monoisotopic (exact) mass is 303 g/mol. The quantitative estimate of drug-likeness (QED) is 0.841. The minimum atomic E-state index is -0.776. The molecule has 1 aromatic carbocycles. The number of rotatable bonds is 7. The van der Waals surface area contributed by atoms with Crippen LogP contribution >= 0.6 is 0 Å². The Morgan fingerprint density at radius 3 is 2.64 bits per heavy atom. The molecule has 1 aliphatic heterocycles. The maximum atomic E-state index is 12.4. The summed E-state index contributed by atoms with van der Waals surface area (Å²) >= 11 is 0. The number of carbonyl (C=O) groups is 2. The molecule has 1 saturated heterocycles. The number of carboxylic acids is 1. The Labute approximate surface area is 132 Å². The van der Waals surface area contributed by atoms with E-state index in [2.05, 4.69) is 12.1 Å². The number of aliphatic carboxylic acids is 1. The van der Waals surface area contributed by atoms with Crippen LogP contribution in [0.25, 0.3) is 0 Å². The number of aryl methyl sites for hydroxylation is 1. The van der Waals surface area contributed by atoms with Gasteiger partial charge in [0.05, 0.1) is 0 Å². The largest absolute Gasteiger partial charge is 0.481 e. The molecule has 1 N–H and O–H groups in total. The highest BCUT2D eigenvalue weighted by atomic mass is 16.4. The zero-order valence-electron chi connectivity index (χ0n) is 13.0. The van der Waals surface area contributed by atoms with Gasteiger partial charge in [0.25, 0.3) is 0 Å². The smallest absolute Gasteiger partial charge is 0.303 e. The van der Waals surface area contributed by atoms with Gasteiger partial charge in [-0.05, 0) is 44.1 Å². The molecular weight excluding hydrogens is 278 g/mol. The maximum absolute atomic E-state index is 12.4. The number of carboxylic acid groups (broad SMARTS) is 1. The number of nitrogens with zero attached hydrogens (tertiary/aromatic N) is 1. The van der Waals surface area contributed by atoms with Crippen molar-refractivity contribution in [3.05, 3.63) is 35.9 Å². The Balaban J connectivity index is 1.79. The molecule has 0 spiro atoms. The molecule has 1 unspecified atom stereocenters. The molecule has 1 amide bonds. The van der Waals surface area contributed by atoms with Crippen molar-refractivity contribution in [2.75, 3.05) is 6.54 Å². The van der Waals surface area contributed by atoms with Gasteiger partial charge in [-0.2, -0.15) is 0 Å². The number of piperidine rings is 1. The summed E-state index contributed by atoms with van der Waals surface area (Å²) < 4.78 is 0. The van der Waals surface area contributed by atoms with Crippen molar-refractivity contribution in [3.8, 4) is 0 Å². The van der Waals surface area contributed by atoms with E-state index >= 15 is 0 Å². The van der Waals surface area contributed by atoms with Crippen molar-refractivity contribution in [2.45, 2.75) is 57.4 Å². The van der Waals surface area contributed by atoms with Gasteiger partial charge in [-0.25, -0.2) is 0 Å². The lowest BCUT2D eigenvalue weighted by Gasteiger charge is -2.35. The first kappa shape index (κ1) is 16.5. The Morgan fingerprint density at radius 2 is 1.91 bits per heavy atom. The van der Waals surface area contributed by atoms with Gasteiger partial charge < -0.3 is 10.0 Å². The first-order chi connectivity index (χ1) is 10.7. The Morgan fingerprint density at radius 1 is 1.14 bits per heavy atom. The summed E-state index contributed by atoms with van der Waals surface area (Å²) in [5.74, 6) is -0.590. The van der Waals surface area contributed by atoms with Crippen molar-refractivity contribution in [1.82, 2.24) is 4.90 Å². The number of hydrogen-bond acceptors (Lipinski definition) is 2. The molecule has 0 saturated carbocycles. The average Bonchev–Trinajstić information content (AvgIpc) is 2.54. The predicted octanol–water partition coefficient (Wildman–Crippen LogP) is 3.26. The molecule has 4 nitrogen and oxygen atoms in total. The van der Waals surface area contributed by atoms with E-state index in [-0.39, 0.29) is 18.4 Å². The van der Waals surface area contributed by atoms with E-state index in [1.807, 2.05) is 23.1 Å². The van der Waals surface area contributed by atoms with Gasteiger partial charge in [0.2, 0.25) is 5.91 Å². The molecule has 22 heavy (non-hydrogen) atoms. The van der Waals surface area contributed by atoms with E-state index in [0.717, 1.165) is 38.6 Å². The lowest BCUT2D eigenvalue weighted by Crippen LogP contribution is -2.43. The Kier molecular flexibility index (Phi) is 6.44. The van der Waals surface area contributed by atoms with Crippen LogP contribution in [0.4, 0.5) is 0 Å². The highest BCUT2D eigenvalue weighted by molar-refractivity contribution is 5.76. The van der Waals surface area contributed by atoms with E-state index < -0.39 is 5.97 Å². The number of likely N-dealkylation sites (tertiary alicyclic amines) is 1. The third-order valence-electron chi connectivity index (χ3n) is 4.34. The second-order valence-electron chi connectivity index (χ2n) is 6.01. The third-order valence-corrected chi connectivity index (χ3v) is 4.34. The Bertz CT molecular complexity index is 486. The molecule has 1 atom stereocenters. The van der Waals surface area contributed by atoms with Crippen molar-refractivity contribution in [1.29, 1.82) is 0 Å². The number of amides is 1. The van der Waals surface area contributed by atoms with E-state index in [1.165, 1.54) is 5.56 Å². The molecule has 1 fully saturated rings. The summed E-state index contributed by atoms with van der Waals surface area (Å²) in [4.78, 5) is 25.1. The maximum Gasteiger partial charge on any atom is 0.303 e. The highest BCUT2D eigenvalue weighted by Gasteiger charge is 2.26. The van der Waals surface area contributed by atoms with Crippen LogP contribution in [-0.4, -0.2) is 34.5 Å². The van der Waals surface area contributed by atoms with E-state index in [0.29, 0.717) is 12.8 Å². The Hall–Kier alpha value is -1.84. The molecule has 1 aromatic rings. The van der Waals surface area contributed by atoms with Crippen LogP contribution in [0.1, 0.15) is 50.5 Å². The third kappa shape index (κ3) is 5.17. The zero-order chi connectivity index (χ0) is 15.8. The first-order valence-corrected chi connectivity index (χ1v) is 8.22. The molecule has 120 valence electrons. The van der Waals surface area contributed by atoms with Gasteiger partial charge in [-0.15, -0.1) is 0 Å². The van der Waals surface area contributed by atoms with Crippen molar-refractivity contribution >= 4 is 11.9 Å². The molecule has 2 rings (SSSR count). The normalized spacial score (nSPS) is 18.2. The van der Waals surface area contributed by atoms with Crippen molar-refractivity contribution in [2.24, 2.45) is 0 Å². The first-order valence-electron chi connectivity index (χ1n) is 8.22. The fourth-order valence-electron chi connectivity index (χ4n) is 3.15. The summed E-state index contributed by atoms with van der Waals surface area (Å²) in [7, 11) is 0.